The first-order valence-corrected chi connectivity index (χ1v) is 19.5. The Morgan fingerprint density at radius 3 is 2.48 bits per heavy atom. The number of morpholine rings is 1. The Balaban J connectivity index is 1.09. The predicted molar refractivity (Wildman–Crippen MR) is 184 cm³/mol. The Morgan fingerprint density at radius 1 is 1.06 bits per heavy atom. The van der Waals surface area contributed by atoms with Crippen molar-refractivity contribution in [2.75, 3.05) is 39.8 Å². The third-order valence-corrected chi connectivity index (χ3v) is 16.1. The fraction of sp³-hybridized carbons (Fsp3) is 0.949. The van der Waals surface area contributed by atoms with Crippen molar-refractivity contribution in [3.05, 3.63) is 0 Å². The Labute approximate surface area is 289 Å². The highest BCUT2D eigenvalue weighted by Crippen LogP contribution is 2.89. The van der Waals surface area contributed by atoms with Crippen molar-refractivity contribution >= 4 is 11.9 Å². The number of likely N-dealkylation sites (N-methyl/N-ethyl adjacent to an activating group) is 1. The standard InChI is InChI=1S/C39H65N3O6/c1-10-40-34(45)41(9)20-25-19-24(4)30-31(47-25)32(43)37(8)27-12-11-26-35(5,6)28(48-29-21-42(17-18-46-29)33(44)23(2)3)13-14-38(26)22-39(27,38)16-15-36(30,37)7/h23-32,43H,10-22H2,1-9H3,(H,40,45)/t24-,25?,26+,27+,28?,29+,30?,31?,32+,36-,37-,38-,39+/m1/s1. The Morgan fingerprint density at radius 2 is 1.77 bits per heavy atom. The molecule has 13 atom stereocenters. The van der Waals surface area contributed by atoms with E-state index in [1.807, 2.05) is 32.7 Å². The molecule has 7 fully saturated rings. The summed E-state index contributed by atoms with van der Waals surface area (Å²) < 4.78 is 19.8. The normalized spacial score (nSPS) is 48.8. The van der Waals surface area contributed by atoms with Gasteiger partial charge in [-0.3, -0.25) is 4.79 Å². The van der Waals surface area contributed by atoms with Gasteiger partial charge in [0.2, 0.25) is 5.91 Å². The lowest BCUT2D eigenvalue weighted by atomic mass is 9.41. The molecule has 2 heterocycles. The number of hydrogen-bond donors (Lipinski definition) is 2. The van der Waals surface area contributed by atoms with Crippen molar-refractivity contribution in [1.82, 2.24) is 15.1 Å². The van der Waals surface area contributed by atoms with Gasteiger partial charge in [0.1, 0.15) is 0 Å². The van der Waals surface area contributed by atoms with Crippen molar-refractivity contribution in [2.45, 2.75) is 137 Å². The third kappa shape index (κ3) is 4.74. The number of nitrogens with one attached hydrogen (secondary N) is 1. The first-order valence-electron chi connectivity index (χ1n) is 19.5. The van der Waals surface area contributed by atoms with Crippen LogP contribution in [0.15, 0.2) is 0 Å². The number of urea groups is 1. The van der Waals surface area contributed by atoms with E-state index < -0.39 is 6.10 Å². The number of carbonyl (C=O) groups is 2. The van der Waals surface area contributed by atoms with Gasteiger partial charge in [-0.1, -0.05) is 48.5 Å². The fourth-order valence-corrected chi connectivity index (χ4v) is 13.9. The van der Waals surface area contributed by atoms with Crippen LogP contribution in [0.5, 0.6) is 0 Å². The monoisotopic (exact) mass is 671 g/mol. The van der Waals surface area contributed by atoms with Gasteiger partial charge in [-0.2, -0.15) is 0 Å². The van der Waals surface area contributed by atoms with Gasteiger partial charge in [0.25, 0.3) is 0 Å². The SMILES string of the molecule is CCNC(=O)N(C)CC1C[C@@H](C)C2C(O1)[C@H](O)[C@@]1(C)[C@@H]3CC[C@H]4C(C)(C)C(O[C@H]5CN(C(=O)C(C)C)CCO5)CC[C@@]45C[C@@]35CC[C@]21C. The number of aliphatic hydroxyl groups is 1. The molecule has 7 rings (SSSR count). The van der Waals surface area contributed by atoms with Crippen LogP contribution in [0.3, 0.4) is 0 Å². The molecule has 0 aromatic carbocycles. The summed E-state index contributed by atoms with van der Waals surface area (Å²) in [4.78, 5) is 28.9. The number of carbonyl (C=O) groups excluding carboxylic acids is 2. The lowest BCUT2D eigenvalue weighted by Gasteiger charge is -2.64. The second kappa shape index (κ2) is 11.8. The van der Waals surface area contributed by atoms with E-state index in [0.29, 0.717) is 61.9 Å². The molecular formula is C39H65N3O6. The largest absolute Gasteiger partial charge is 0.390 e. The smallest absolute Gasteiger partial charge is 0.317 e. The molecule has 9 heteroatoms. The van der Waals surface area contributed by atoms with E-state index in [2.05, 4.69) is 39.9 Å². The van der Waals surface area contributed by atoms with E-state index in [4.69, 9.17) is 14.2 Å². The lowest BCUT2D eigenvalue weighted by molar-refractivity contribution is -0.248. The summed E-state index contributed by atoms with van der Waals surface area (Å²) in [5, 5.41) is 15.4. The number of rotatable bonds is 6. The van der Waals surface area contributed by atoms with Crippen LogP contribution in [-0.4, -0.2) is 97.4 Å². The first kappa shape index (κ1) is 35.0. The van der Waals surface area contributed by atoms with E-state index in [1.54, 1.807) is 4.90 Å². The van der Waals surface area contributed by atoms with Gasteiger partial charge in [-0.15, -0.1) is 0 Å². The topological polar surface area (TPSA) is 101 Å². The zero-order valence-electron chi connectivity index (χ0n) is 31.3. The number of nitrogens with zero attached hydrogens (tertiary/aromatic N) is 2. The second-order valence-electron chi connectivity index (χ2n) is 18.7. The Bertz CT molecular complexity index is 1280. The van der Waals surface area contributed by atoms with Crippen LogP contribution in [0.1, 0.15) is 107 Å². The predicted octanol–water partition coefficient (Wildman–Crippen LogP) is 5.69. The average Bonchev–Trinajstić information content (AvgIpc) is 3.67. The van der Waals surface area contributed by atoms with Gasteiger partial charge in [0.15, 0.2) is 6.29 Å². The summed E-state index contributed by atoms with van der Waals surface area (Å²) in [5.74, 6) is 1.98. The van der Waals surface area contributed by atoms with Gasteiger partial charge in [0.05, 0.1) is 37.6 Å². The zero-order chi connectivity index (χ0) is 34.6. The van der Waals surface area contributed by atoms with Gasteiger partial charge >= 0.3 is 6.03 Å². The van der Waals surface area contributed by atoms with Crippen molar-refractivity contribution in [3.63, 3.8) is 0 Å². The molecule has 48 heavy (non-hydrogen) atoms. The molecule has 5 saturated carbocycles. The van der Waals surface area contributed by atoms with E-state index >= 15 is 0 Å². The Hall–Kier alpha value is -1.42. The van der Waals surface area contributed by atoms with E-state index in [-0.39, 0.29) is 64.1 Å². The van der Waals surface area contributed by atoms with Gasteiger partial charge in [-0.25, -0.2) is 4.79 Å². The van der Waals surface area contributed by atoms with Crippen LogP contribution in [0.4, 0.5) is 4.79 Å². The maximum atomic E-state index is 12.8. The van der Waals surface area contributed by atoms with Crippen LogP contribution in [-0.2, 0) is 19.0 Å². The average molecular weight is 672 g/mol. The quantitative estimate of drug-likeness (QED) is 0.377. The van der Waals surface area contributed by atoms with Crippen molar-refractivity contribution in [1.29, 1.82) is 0 Å². The molecule has 5 aliphatic carbocycles. The van der Waals surface area contributed by atoms with Crippen LogP contribution in [0, 0.1) is 56.7 Å². The highest BCUT2D eigenvalue weighted by atomic mass is 16.7. The van der Waals surface area contributed by atoms with Crippen LogP contribution in [0.25, 0.3) is 0 Å². The maximum Gasteiger partial charge on any atom is 0.317 e. The highest BCUT2D eigenvalue weighted by Gasteiger charge is 2.84. The molecule has 4 unspecified atom stereocenters. The van der Waals surface area contributed by atoms with E-state index in [1.165, 1.54) is 25.7 Å². The molecular weight excluding hydrogens is 606 g/mol. The summed E-state index contributed by atoms with van der Waals surface area (Å²) in [7, 11) is 1.85. The van der Waals surface area contributed by atoms with Crippen molar-refractivity contribution in [3.8, 4) is 0 Å². The molecule has 7 aliphatic rings. The van der Waals surface area contributed by atoms with Gasteiger partial charge < -0.3 is 34.4 Å². The number of ether oxygens (including phenoxy) is 3. The molecule has 0 aromatic rings. The van der Waals surface area contributed by atoms with Crippen LogP contribution in [0.2, 0.25) is 0 Å². The second-order valence-corrected chi connectivity index (χ2v) is 18.7. The van der Waals surface area contributed by atoms with Crippen LogP contribution >= 0.6 is 0 Å². The minimum Gasteiger partial charge on any atom is -0.390 e. The molecule has 2 aliphatic heterocycles. The summed E-state index contributed by atoms with van der Waals surface area (Å²) >= 11 is 0. The molecule has 0 aromatic heterocycles. The highest BCUT2D eigenvalue weighted by molar-refractivity contribution is 5.78. The summed E-state index contributed by atoms with van der Waals surface area (Å²) in [6.07, 6.45) is 8.15. The van der Waals surface area contributed by atoms with E-state index in [9.17, 15) is 14.7 Å². The molecule has 3 amide bonds. The van der Waals surface area contributed by atoms with Crippen molar-refractivity contribution < 1.29 is 28.9 Å². The molecule has 0 bridgehead atoms. The molecule has 9 nitrogen and oxygen atoms in total. The fourth-order valence-electron chi connectivity index (χ4n) is 13.9. The summed E-state index contributed by atoms with van der Waals surface area (Å²) in [5.41, 5.74) is 0.417. The minimum absolute atomic E-state index is 0.00525. The summed E-state index contributed by atoms with van der Waals surface area (Å²) in [6.45, 7) is 20.9. The molecule has 272 valence electrons. The molecule has 2 spiro atoms. The zero-order valence-corrected chi connectivity index (χ0v) is 31.3. The maximum absolute atomic E-state index is 12.8. The van der Waals surface area contributed by atoms with Crippen LogP contribution < -0.4 is 5.32 Å². The van der Waals surface area contributed by atoms with E-state index in [0.717, 1.165) is 25.7 Å². The number of hydrogen-bond acceptors (Lipinski definition) is 6. The number of aliphatic hydroxyl groups excluding tert-OH is 1. The first-order chi connectivity index (χ1) is 22.6. The number of fused-ring (bicyclic) bond motifs is 4. The molecule has 2 N–H and O–H groups in total. The van der Waals surface area contributed by atoms with Gasteiger partial charge in [0, 0.05) is 38.0 Å². The lowest BCUT2D eigenvalue weighted by Crippen LogP contribution is -2.60. The van der Waals surface area contributed by atoms with Gasteiger partial charge in [-0.05, 0) is 104 Å². The number of amides is 3. The Kier molecular flexibility index (Phi) is 8.61. The third-order valence-electron chi connectivity index (χ3n) is 16.1. The molecule has 2 saturated heterocycles. The summed E-state index contributed by atoms with van der Waals surface area (Å²) in [6, 6.07) is -0.0642. The minimum atomic E-state index is -0.503. The van der Waals surface area contributed by atoms with Crippen molar-refractivity contribution in [2.24, 2.45) is 56.7 Å². The molecule has 0 radical (unpaired) electrons.